The summed E-state index contributed by atoms with van der Waals surface area (Å²) in [5.74, 6) is 0. The molecule has 1 aromatic heterocycles. The summed E-state index contributed by atoms with van der Waals surface area (Å²) >= 11 is 0. The lowest BCUT2D eigenvalue weighted by atomic mass is 10.1. The molecule has 14 heavy (non-hydrogen) atoms. The predicted molar refractivity (Wildman–Crippen MR) is 43.0 cm³/mol. The van der Waals surface area contributed by atoms with Crippen LogP contribution in [0.5, 0.6) is 0 Å². The smallest absolute Gasteiger partial charge is 0.180 e. The Bertz CT molecular complexity index is 291. The van der Waals surface area contributed by atoms with Gasteiger partial charge in [0.25, 0.3) is 0 Å². The number of hydrogen-bond donors (Lipinski definition) is 3. The topological polar surface area (TPSA) is 101 Å². The average Bonchev–Trinajstić information content (AvgIpc) is 2.78. The van der Waals surface area contributed by atoms with Crippen LogP contribution in [0.2, 0.25) is 0 Å². The predicted octanol–water partition coefficient (Wildman–Crippen LogP) is -2.11. The van der Waals surface area contributed by atoms with Crippen LogP contribution in [0, 0.1) is 0 Å². The van der Waals surface area contributed by atoms with Crippen molar-refractivity contribution in [3.63, 3.8) is 0 Å². The first kappa shape index (κ1) is 9.53. The fraction of sp³-hybridized carbons (Fsp3) is 0.714. The molecule has 0 radical (unpaired) electrons. The highest BCUT2D eigenvalue weighted by atomic mass is 16.6. The maximum absolute atomic E-state index is 9.56. The largest absolute Gasteiger partial charge is 0.394 e. The molecule has 3 N–H and O–H groups in total. The van der Waals surface area contributed by atoms with Gasteiger partial charge in [-0.25, -0.2) is 4.68 Å². The number of ether oxygens (including phenoxy) is 1. The van der Waals surface area contributed by atoms with Crippen LogP contribution < -0.4 is 0 Å². The van der Waals surface area contributed by atoms with Gasteiger partial charge in [0.2, 0.25) is 0 Å². The fourth-order valence-electron chi connectivity index (χ4n) is 1.45. The van der Waals surface area contributed by atoms with Gasteiger partial charge in [-0.2, -0.15) is 0 Å². The highest BCUT2D eigenvalue weighted by molar-refractivity contribution is 4.88. The zero-order chi connectivity index (χ0) is 10.1. The van der Waals surface area contributed by atoms with Crippen molar-refractivity contribution < 1.29 is 20.1 Å². The molecule has 2 rings (SSSR count). The third-order valence-electron chi connectivity index (χ3n) is 2.22. The molecule has 1 aromatic rings. The van der Waals surface area contributed by atoms with Crippen LogP contribution in [0.25, 0.3) is 0 Å². The Labute approximate surface area is 79.5 Å². The molecule has 1 fully saturated rings. The molecule has 78 valence electrons. The van der Waals surface area contributed by atoms with Gasteiger partial charge in [0.1, 0.15) is 18.3 Å². The van der Waals surface area contributed by atoms with E-state index in [2.05, 4.69) is 10.3 Å². The summed E-state index contributed by atoms with van der Waals surface area (Å²) in [6.45, 7) is -0.344. The van der Waals surface area contributed by atoms with Crippen LogP contribution in [0.4, 0.5) is 0 Å². The van der Waals surface area contributed by atoms with Crippen molar-refractivity contribution in [3.8, 4) is 0 Å². The molecule has 0 aliphatic carbocycles. The van der Waals surface area contributed by atoms with E-state index >= 15 is 0 Å². The molecule has 2 heterocycles. The number of rotatable bonds is 2. The van der Waals surface area contributed by atoms with Gasteiger partial charge < -0.3 is 20.1 Å². The van der Waals surface area contributed by atoms with E-state index < -0.39 is 24.5 Å². The van der Waals surface area contributed by atoms with Crippen LogP contribution in [0.15, 0.2) is 12.4 Å². The van der Waals surface area contributed by atoms with Crippen LogP contribution >= 0.6 is 0 Å². The molecular weight excluding hydrogens is 190 g/mol. The van der Waals surface area contributed by atoms with Crippen molar-refractivity contribution in [2.75, 3.05) is 6.61 Å². The average molecular weight is 201 g/mol. The van der Waals surface area contributed by atoms with E-state index in [4.69, 9.17) is 9.84 Å². The van der Waals surface area contributed by atoms with Crippen molar-refractivity contribution >= 4 is 0 Å². The Balaban J connectivity index is 2.16. The van der Waals surface area contributed by atoms with Gasteiger partial charge in [-0.05, 0) is 0 Å². The molecule has 0 unspecified atom stereocenters. The number of nitrogens with zero attached hydrogens (tertiary/aromatic N) is 3. The van der Waals surface area contributed by atoms with Crippen LogP contribution in [-0.4, -0.2) is 55.2 Å². The maximum atomic E-state index is 9.56. The molecule has 1 aliphatic heterocycles. The molecule has 0 amide bonds. The second-order valence-electron chi connectivity index (χ2n) is 3.11. The second-order valence-corrected chi connectivity index (χ2v) is 3.11. The Morgan fingerprint density at radius 1 is 1.36 bits per heavy atom. The summed E-state index contributed by atoms with van der Waals surface area (Å²) < 4.78 is 6.49. The molecule has 1 aliphatic rings. The minimum atomic E-state index is -1.10. The third kappa shape index (κ3) is 1.40. The van der Waals surface area contributed by atoms with Gasteiger partial charge in [-0.3, -0.25) is 0 Å². The van der Waals surface area contributed by atoms with Gasteiger partial charge in [0.15, 0.2) is 6.23 Å². The van der Waals surface area contributed by atoms with Crippen LogP contribution in [0.1, 0.15) is 6.23 Å². The van der Waals surface area contributed by atoms with Crippen LogP contribution in [-0.2, 0) is 4.74 Å². The lowest BCUT2D eigenvalue weighted by molar-refractivity contribution is -0.0594. The summed E-state index contributed by atoms with van der Waals surface area (Å²) in [7, 11) is 0. The van der Waals surface area contributed by atoms with E-state index in [0.29, 0.717) is 0 Å². The highest BCUT2D eigenvalue weighted by Gasteiger charge is 2.43. The number of aromatic nitrogens is 3. The SMILES string of the molecule is OC[C@H]1O[C@@H](n2ccnn2)[C@H](O)[C@@H]1O. The van der Waals surface area contributed by atoms with Crippen molar-refractivity contribution in [2.45, 2.75) is 24.5 Å². The van der Waals surface area contributed by atoms with E-state index in [9.17, 15) is 10.2 Å². The molecule has 0 bridgehead atoms. The third-order valence-corrected chi connectivity index (χ3v) is 2.22. The highest BCUT2D eigenvalue weighted by Crippen LogP contribution is 2.27. The molecule has 0 aromatic carbocycles. The summed E-state index contributed by atoms with van der Waals surface area (Å²) in [4.78, 5) is 0. The number of aliphatic hydroxyl groups is 3. The lowest BCUT2D eigenvalue weighted by Gasteiger charge is -2.13. The number of hydrogen-bond acceptors (Lipinski definition) is 6. The first-order chi connectivity index (χ1) is 6.74. The summed E-state index contributed by atoms with van der Waals surface area (Å²) in [5.41, 5.74) is 0. The van der Waals surface area contributed by atoms with E-state index in [0.717, 1.165) is 0 Å². The normalized spacial score (nSPS) is 37.6. The Morgan fingerprint density at radius 2 is 2.14 bits per heavy atom. The standard InChI is InChI=1S/C7H11N3O4/c11-3-4-5(12)6(13)7(14-4)10-2-1-8-9-10/h1-2,4-7,11-13H,3H2/t4-,5-,6-,7-/m1/s1. The van der Waals surface area contributed by atoms with Crippen molar-refractivity contribution in [2.24, 2.45) is 0 Å². The second kappa shape index (κ2) is 3.62. The molecule has 0 saturated carbocycles. The molecular formula is C7H11N3O4. The van der Waals surface area contributed by atoms with E-state index in [1.807, 2.05) is 0 Å². The quantitative estimate of drug-likeness (QED) is 0.506. The van der Waals surface area contributed by atoms with Gasteiger partial charge in [-0.15, -0.1) is 5.10 Å². The van der Waals surface area contributed by atoms with Crippen LogP contribution in [0.3, 0.4) is 0 Å². The Hall–Kier alpha value is -1.02. The Morgan fingerprint density at radius 3 is 2.64 bits per heavy atom. The molecule has 7 heteroatoms. The fourth-order valence-corrected chi connectivity index (χ4v) is 1.45. The zero-order valence-corrected chi connectivity index (χ0v) is 7.26. The molecule has 4 atom stereocenters. The maximum Gasteiger partial charge on any atom is 0.180 e. The monoisotopic (exact) mass is 201 g/mol. The van der Waals surface area contributed by atoms with Crippen molar-refractivity contribution in [1.29, 1.82) is 0 Å². The number of aliphatic hydroxyl groups excluding tert-OH is 3. The lowest BCUT2D eigenvalue weighted by Crippen LogP contribution is -2.33. The minimum Gasteiger partial charge on any atom is -0.394 e. The van der Waals surface area contributed by atoms with Crippen molar-refractivity contribution in [1.82, 2.24) is 15.0 Å². The van der Waals surface area contributed by atoms with E-state index in [-0.39, 0.29) is 6.61 Å². The first-order valence-corrected chi connectivity index (χ1v) is 4.22. The molecule has 1 saturated heterocycles. The summed E-state index contributed by atoms with van der Waals surface area (Å²) in [6.07, 6.45) is -0.818. The summed E-state index contributed by atoms with van der Waals surface area (Å²) in [5, 5.41) is 35.0. The Kier molecular flexibility index (Phi) is 2.46. The summed E-state index contributed by atoms with van der Waals surface area (Å²) in [6, 6.07) is 0. The minimum absolute atomic E-state index is 0.344. The van der Waals surface area contributed by atoms with Gasteiger partial charge in [0.05, 0.1) is 12.8 Å². The molecule has 0 spiro atoms. The first-order valence-electron chi connectivity index (χ1n) is 4.22. The van der Waals surface area contributed by atoms with Crippen molar-refractivity contribution in [3.05, 3.63) is 12.4 Å². The molecule has 7 nitrogen and oxygen atoms in total. The van der Waals surface area contributed by atoms with E-state index in [1.54, 1.807) is 0 Å². The van der Waals surface area contributed by atoms with Gasteiger partial charge in [-0.1, -0.05) is 5.21 Å². The zero-order valence-electron chi connectivity index (χ0n) is 7.26. The van der Waals surface area contributed by atoms with E-state index in [1.165, 1.54) is 17.1 Å². The van der Waals surface area contributed by atoms with Gasteiger partial charge in [0, 0.05) is 6.20 Å². The van der Waals surface area contributed by atoms with Gasteiger partial charge >= 0.3 is 0 Å².